The fraction of sp³-hybridized carbons (Fsp3) is 0.320. The number of ether oxygens (including phenoxy) is 2. The largest absolute Gasteiger partial charge is 0.497 e. The van der Waals surface area contributed by atoms with E-state index < -0.39 is 29.6 Å². The number of benzene rings is 2. The SMILES string of the molecule is COc1ccc(Cc2cc[nH]c2COC(=O)C(Nc2ccc(C(F)(F)F)cc2F)C(C)C)cc1. The number of aromatic nitrogens is 1. The van der Waals surface area contributed by atoms with Gasteiger partial charge >= 0.3 is 12.1 Å². The van der Waals surface area contributed by atoms with Crippen molar-refractivity contribution in [1.29, 1.82) is 0 Å². The third-order valence-electron chi connectivity index (χ3n) is 5.37. The minimum Gasteiger partial charge on any atom is -0.497 e. The summed E-state index contributed by atoms with van der Waals surface area (Å²) in [5, 5.41) is 2.68. The lowest BCUT2D eigenvalue weighted by molar-refractivity contribution is -0.147. The highest BCUT2D eigenvalue weighted by molar-refractivity contribution is 5.79. The van der Waals surface area contributed by atoms with Crippen LogP contribution in [0.1, 0.15) is 36.2 Å². The van der Waals surface area contributed by atoms with Crippen LogP contribution in [-0.4, -0.2) is 24.1 Å². The molecule has 1 heterocycles. The topological polar surface area (TPSA) is 63.4 Å². The molecule has 182 valence electrons. The Morgan fingerprint density at radius 3 is 2.38 bits per heavy atom. The van der Waals surface area contributed by atoms with Crippen LogP contribution in [-0.2, 0) is 28.7 Å². The number of aromatic amines is 1. The van der Waals surface area contributed by atoms with E-state index in [1.54, 1.807) is 27.2 Å². The first-order valence-corrected chi connectivity index (χ1v) is 10.7. The average Bonchev–Trinajstić information content (AvgIpc) is 3.23. The van der Waals surface area contributed by atoms with E-state index >= 15 is 0 Å². The molecular formula is C25H26F4N2O3. The zero-order chi connectivity index (χ0) is 24.9. The molecule has 2 aromatic carbocycles. The molecule has 2 N–H and O–H groups in total. The summed E-state index contributed by atoms with van der Waals surface area (Å²) in [5.41, 5.74) is 1.40. The van der Waals surface area contributed by atoms with Gasteiger partial charge in [-0.05, 0) is 59.9 Å². The molecule has 0 aliphatic rings. The van der Waals surface area contributed by atoms with Crippen LogP contribution in [0.15, 0.2) is 54.7 Å². The minimum absolute atomic E-state index is 0.0300. The standard InChI is InChI=1S/C25H26F4N2O3/c1-15(2)23(31-21-9-6-18(13-20(21)26)25(27,28)29)24(32)34-14-22-17(10-11-30-22)12-16-4-7-19(33-3)8-5-16/h4-11,13,15,23,30-31H,12,14H2,1-3H3. The van der Waals surface area contributed by atoms with Gasteiger partial charge in [0, 0.05) is 6.20 Å². The summed E-state index contributed by atoms with van der Waals surface area (Å²) in [6.45, 7) is 3.42. The van der Waals surface area contributed by atoms with Gasteiger partial charge in [-0.2, -0.15) is 13.2 Å². The monoisotopic (exact) mass is 478 g/mol. The average molecular weight is 478 g/mol. The second kappa shape index (κ2) is 10.6. The van der Waals surface area contributed by atoms with Crippen molar-refractivity contribution in [3.8, 4) is 5.75 Å². The number of hydrogen-bond donors (Lipinski definition) is 2. The lowest BCUT2D eigenvalue weighted by Crippen LogP contribution is -2.36. The second-order valence-corrected chi connectivity index (χ2v) is 8.17. The van der Waals surface area contributed by atoms with Crippen LogP contribution in [0.5, 0.6) is 5.75 Å². The van der Waals surface area contributed by atoms with Crippen LogP contribution < -0.4 is 10.1 Å². The summed E-state index contributed by atoms with van der Waals surface area (Å²) in [4.78, 5) is 15.8. The van der Waals surface area contributed by atoms with E-state index in [1.165, 1.54) is 0 Å². The maximum absolute atomic E-state index is 14.3. The Kier molecular flexibility index (Phi) is 7.86. The van der Waals surface area contributed by atoms with Gasteiger partial charge in [-0.3, -0.25) is 0 Å². The molecule has 3 aromatic rings. The van der Waals surface area contributed by atoms with Crippen molar-refractivity contribution in [3.05, 3.63) is 82.9 Å². The zero-order valence-corrected chi connectivity index (χ0v) is 19.0. The molecule has 0 bridgehead atoms. The fourth-order valence-corrected chi connectivity index (χ4v) is 3.41. The van der Waals surface area contributed by atoms with Gasteiger partial charge in [0.05, 0.1) is 24.1 Å². The van der Waals surface area contributed by atoms with E-state index in [-0.39, 0.29) is 18.2 Å². The molecule has 34 heavy (non-hydrogen) atoms. The second-order valence-electron chi connectivity index (χ2n) is 8.17. The van der Waals surface area contributed by atoms with E-state index in [2.05, 4.69) is 10.3 Å². The normalized spacial score (nSPS) is 12.5. The Morgan fingerprint density at radius 2 is 1.79 bits per heavy atom. The molecule has 5 nitrogen and oxygen atoms in total. The molecule has 0 aliphatic heterocycles. The third-order valence-corrected chi connectivity index (χ3v) is 5.37. The first-order chi connectivity index (χ1) is 16.1. The van der Waals surface area contributed by atoms with Crippen molar-refractivity contribution < 1.29 is 31.8 Å². The van der Waals surface area contributed by atoms with Gasteiger partial charge in [-0.15, -0.1) is 0 Å². The summed E-state index contributed by atoms with van der Waals surface area (Å²) in [5.74, 6) is -1.29. The van der Waals surface area contributed by atoms with E-state index in [0.717, 1.165) is 29.0 Å². The molecule has 1 atom stereocenters. The number of rotatable bonds is 9. The smallest absolute Gasteiger partial charge is 0.416 e. The Labute approximate surface area is 195 Å². The molecule has 1 unspecified atom stereocenters. The highest BCUT2D eigenvalue weighted by Crippen LogP contribution is 2.31. The van der Waals surface area contributed by atoms with Crippen molar-refractivity contribution in [2.45, 2.75) is 39.1 Å². The molecule has 0 aliphatic carbocycles. The first kappa shape index (κ1) is 25.1. The fourth-order valence-electron chi connectivity index (χ4n) is 3.41. The van der Waals surface area contributed by atoms with Gasteiger partial charge in [-0.25, -0.2) is 9.18 Å². The maximum Gasteiger partial charge on any atom is 0.416 e. The maximum atomic E-state index is 14.3. The molecule has 9 heteroatoms. The van der Waals surface area contributed by atoms with Crippen LogP contribution in [0.25, 0.3) is 0 Å². The van der Waals surface area contributed by atoms with E-state index in [9.17, 15) is 22.4 Å². The van der Waals surface area contributed by atoms with E-state index in [1.807, 2.05) is 30.3 Å². The quantitative estimate of drug-likeness (QED) is 0.295. The zero-order valence-electron chi connectivity index (χ0n) is 19.0. The van der Waals surface area contributed by atoms with Gasteiger partial charge in [0.15, 0.2) is 0 Å². The van der Waals surface area contributed by atoms with Crippen molar-refractivity contribution in [1.82, 2.24) is 4.98 Å². The predicted molar refractivity (Wildman–Crippen MR) is 120 cm³/mol. The Hall–Kier alpha value is -3.49. The molecule has 1 aromatic heterocycles. The van der Waals surface area contributed by atoms with Crippen LogP contribution in [0.2, 0.25) is 0 Å². The van der Waals surface area contributed by atoms with Crippen LogP contribution >= 0.6 is 0 Å². The van der Waals surface area contributed by atoms with Crippen LogP contribution in [0.4, 0.5) is 23.2 Å². The number of methoxy groups -OCH3 is 1. The molecule has 0 amide bonds. The number of alkyl halides is 3. The number of H-pyrrole nitrogens is 1. The Balaban J connectivity index is 1.65. The molecule has 0 spiro atoms. The van der Waals surface area contributed by atoms with Crippen LogP contribution in [0, 0.1) is 11.7 Å². The van der Waals surface area contributed by atoms with Gasteiger partial charge < -0.3 is 19.8 Å². The van der Waals surface area contributed by atoms with Crippen molar-refractivity contribution in [2.24, 2.45) is 5.92 Å². The summed E-state index contributed by atoms with van der Waals surface area (Å²) in [6, 6.07) is 10.7. The number of anilines is 1. The van der Waals surface area contributed by atoms with E-state index in [4.69, 9.17) is 9.47 Å². The molecular weight excluding hydrogens is 452 g/mol. The Morgan fingerprint density at radius 1 is 1.09 bits per heavy atom. The number of nitrogens with one attached hydrogen (secondary N) is 2. The van der Waals surface area contributed by atoms with Crippen molar-refractivity contribution >= 4 is 11.7 Å². The highest BCUT2D eigenvalue weighted by Gasteiger charge is 2.32. The molecule has 0 fully saturated rings. The molecule has 0 saturated heterocycles. The number of esters is 1. The lowest BCUT2D eigenvalue weighted by Gasteiger charge is -2.22. The molecule has 3 rings (SSSR count). The highest BCUT2D eigenvalue weighted by atomic mass is 19.4. The van der Waals surface area contributed by atoms with Gasteiger partial charge in [-0.1, -0.05) is 26.0 Å². The molecule has 0 saturated carbocycles. The number of halogens is 4. The van der Waals surface area contributed by atoms with Gasteiger partial charge in [0.2, 0.25) is 0 Å². The summed E-state index contributed by atoms with van der Waals surface area (Å²) < 4.78 is 63.2. The van der Waals surface area contributed by atoms with Gasteiger partial charge in [0.25, 0.3) is 0 Å². The van der Waals surface area contributed by atoms with Crippen molar-refractivity contribution in [3.63, 3.8) is 0 Å². The van der Waals surface area contributed by atoms with Crippen LogP contribution in [0.3, 0.4) is 0 Å². The number of carbonyl (C=O) groups is 1. The van der Waals surface area contributed by atoms with E-state index in [0.29, 0.717) is 18.2 Å². The van der Waals surface area contributed by atoms with Crippen molar-refractivity contribution in [2.75, 3.05) is 12.4 Å². The minimum atomic E-state index is -4.66. The third kappa shape index (κ3) is 6.30. The Bertz CT molecular complexity index is 1110. The number of carbonyl (C=O) groups excluding carboxylic acids is 1. The number of hydrogen-bond acceptors (Lipinski definition) is 4. The molecule has 0 radical (unpaired) electrons. The summed E-state index contributed by atoms with van der Waals surface area (Å²) >= 11 is 0. The summed E-state index contributed by atoms with van der Waals surface area (Å²) in [6.07, 6.45) is -2.30. The van der Waals surface area contributed by atoms with Gasteiger partial charge in [0.1, 0.15) is 24.2 Å². The lowest BCUT2D eigenvalue weighted by atomic mass is 10.0. The summed E-state index contributed by atoms with van der Waals surface area (Å²) in [7, 11) is 1.60. The first-order valence-electron chi connectivity index (χ1n) is 10.7. The predicted octanol–water partition coefficient (Wildman–Crippen LogP) is 5.95.